The van der Waals surface area contributed by atoms with Gasteiger partial charge in [-0.1, -0.05) is 60.7 Å². The number of amides is 2. The van der Waals surface area contributed by atoms with Crippen molar-refractivity contribution in [3.05, 3.63) is 95.9 Å². The first-order valence-electron chi connectivity index (χ1n) is 11.2. The lowest BCUT2D eigenvalue weighted by Gasteiger charge is -2.30. The Morgan fingerprint density at radius 1 is 0.938 bits per heavy atom. The van der Waals surface area contributed by atoms with Crippen molar-refractivity contribution in [3.63, 3.8) is 0 Å². The van der Waals surface area contributed by atoms with Gasteiger partial charge in [0.2, 0.25) is 11.8 Å². The molecule has 166 valence electrons. The first-order chi connectivity index (χ1) is 15.5. The fraction of sp³-hybridized carbons (Fsp3) is 0.333. The van der Waals surface area contributed by atoms with Crippen LogP contribution in [0.4, 0.5) is 0 Å². The standard InChI is InChI=1S/C27H30N2O3/c1-20(2)29(27(31)25-16-24(25)22-12-7-4-8-13-22)19-26(30)28(18-23-14-9-15-32-23)17-21-10-5-3-6-11-21/h3-15,20,24-25H,16-19H2,1-2H3/t24-,25+/m0/s1. The van der Waals surface area contributed by atoms with E-state index < -0.39 is 0 Å². The van der Waals surface area contributed by atoms with E-state index in [1.807, 2.05) is 74.5 Å². The third kappa shape index (κ3) is 5.28. The molecule has 32 heavy (non-hydrogen) atoms. The largest absolute Gasteiger partial charge is 0.467 e. The Morgan fingerprint density at radius 3 is 2.25 bits per heavy atom. The van der Waals surface area contributed by atoms with Crippen LogP contribution in [0.1, 0.15) is 43.1 Å². The van der Waals surface area contributed by atoms with Crippen molar-refractivity contribution in [1.82, 2.24) is 9.80 Å². The number of furan rings is 1. The molecular weight excluding hydrogens is 400 g/mol. The molecule has 0 radical (unpaired) electrons. The van der Waals surface area contributed by atoms with Crippen LogP contribution in [0.25, 0.3) is 0 Å². The van der Waals surface area contributed by atoms with Gasteiger partial charge in [0.1, 0.15) is 12.3 Å². The topological polar surface area (TPSA) is 53.8 Å². The highest BCUT2D eigenvalue weighted by Crippen LogP contribution is 2.48. The molecule has 0 spiro atoms. The maximum Gasteiger partial charge on any atom is 0.242 e. The van der Waals surface area contributed by atoms with Crippen molar-refractivity contribution >= 4 is 11.8 Å². The lowest BCUT2D eigenvalue weighted by molar-refractivity contribution is -0.143. The molecule has 2 aromatic carbocycles. The number of hydrogen-bond donors (Lipinski definition) is 0. The van der Waals surface area contributed by atoms with E-state index in [0.717, 1.165) is 17.7 Å². The predicted octanol–water partition coefficient (Wildman–Crippen LogP) is 4.85. The average molecular weight is 431 g/mol. The Balaban J connectivity index is 1.46. The molecule has 0 saturated heterocycles. The summed E-state index contributed by atoms with van der Waals surface area (Å²) in [6.45, 7) is 4.85. The second kappa shape index (κ2) is 9.86. The maximum atomic E-state index is 13.4. The second-order valence-corrected chi connectivity index (χ2v) is 8.73. The quantitative estimate of drug-likeness (QED) is 0.488. The monoisotopic (exact) mass is 430 g/mol. The SMILES string of the molecule is CC(C)N(CC(=O)N(Cc1ccccc1)Cc1ccco1)C(=O)[C@@H]1C[C@H]1c1ccccc1. The number of nitrogens with zero attached hydrogens (tertiary/aromatic N) is 2. The third-order valence-electron chi connectivity index (χ3n) is 6.04. The summed E-state index contributed by atoms with van der Waals surface area (Å²) in [4.78, 5) is 30.2. The molecule has 3 aromatic rings. The summed E-state index contributed by atoms with van der Waals surface area (Å²) in [6, 6.07) is 23.7. The molecule has 0 bridgehead atoms. The number of carbonyl (C=O) groups excluding carboxylic acids is 2. The van der Waals surface area contributed by atoms with Gasteiger partial charge in [0.15, 0.2) is 0 Å². The van der Waals surface area contributed by atoms with Crippen LogP contribution >= 0.6 is 0 Å². The van der Waals surface area contributed by atoms with E-state index >= 15 is 0 Å². The van der Waals surface area contributed by atoms with E-state index in [1.165, 1.54) is 5.56 Å². The van der Waals surface area contributed by atoms with E-state index in [0.29, 0.717) is 13.1 Å². The average Bonchev–Trinajstić information content (AvgIpc) is 3.45. The van der Waals surface area contributed by atoms with Gasteiger partial charge in [-0.05, 0) is 49.4 Å². The first-order valence-corrected chi connectivity index (χ1v) is 11.2. The lowest BCUT2D eigenvalue weighted by Crippen LogP contribution is -2.46. The second-order valence-electron chi connectivity index (χ2n) is 8.73. The summed E-state index contributed by atoms with van der Waals surface area (Å²) >= 11 is 0. The van der Waals surface area contributed by atoms with E-state index in [-0.39, 0.29) is 36.2 Å². The van der Waals surface area contributed by atoms with Gasteiger partial charge in [-0.15, -0.1) is 0 Å². The highest BCUT2D eigenvalue weighted by Gasteiger charge is 2.46. The predicted molar refractivity (Wildman–Crippen MR) is 124 cm³/mol. The smallest absolute Gasteiger partial charge is 0.242 e. The minimum atomic E-state index is -0.0794. The summed E-state index contributed by atoms with van der Waals surface area (Å²) in [6.07, 6.45) is 2.46. The van der Waals surface area contributed by atoms with Gasteiger partial charge < -0.3 is 14.2 Å². The molecule has 1 heterocycles. The Bertz CT molecular complexity index is 1020. The van der Waals surface area contributed by atoms with E-state index in [1.54, 1.807) is 16.1 Å². The molecule has 1 fully saturated rings. The molecule has 4 rings (SSSR count). The van der Waals surface area contributed by atoms with Gasteiger partial charge in [-0.3, -0.25) is 9.59 Å². The lowest BCUT2D eigenvalue weighted by atomic mass is 10.1. The van der Waals surface area contributed by atoms with Crippen LogP contribution in [0.3, 0.4) is 0 Å². The Hall–Kier alpha value is -3.34. The molecule has 1 saturated carbocycles. The van der Waals surface area contributed by atoms with E-state index in [4.69, 9.17) is 4.42 Å². The van der Waals surface area contributed by atoms with Crippen molar-refractivity contribution in [2.45, 2.75) is 45.3 Å². The molecule has 2 atom stereocenters. The van der Waals surface area contributed by atoms with Crippen LogP contribution < -0.4 is 0 Å². The zero-order chi connectivity index (χ0) is 22.5. The molecule has 0 unspecified atom stereocenters. The molecule has 5 nitrogen and oxygen atoms in total. The fourth-order valence-corrected chi connectivity index (χ4v) is 4.14. The molecule has 2 amide bonds. The Morgan fingerprint density at radius 2 is 1.62 bits per heavy atom. The molecule has 1 aliphatic carbocycles. The van der Waals surface area contributed by atoms with Gasteiger partial charge in [0.25, 0.3) is 0 Å². The first kappa shape index (κ1) is 21.9. The molecule has 0 aliphatic heterocycles. The third-order valence-corrected chi connectivity index (χ3v) is 6.04. The van der Waals surface area contributed by atoms with Crippen LogP contribution in [0, 0.1) is 5.92 Å². The van der Waals surface area contributed by atoms with Crippen molar-refractivity contribution in [1.29, 1.82) is 0 Å². The summed E-state index contributed by atoms with van der Waals surface area (Å²) in [5.41, 5.74) is 2.24. The zero-order valence-electron chi connectivity index (χ0n) is 18.7. The van der Waals surface area contributed by atoms with Crippen LogP contribution in [-0.4, -0.2) is 34.2 Å². The van der Waals surface area contributed by atoms with Gasteiger partial charge in [-0.25, -0.2) is 0 Å². The minimum absolute atomic E-state index is 0.0414. The van der Waals surface area contributed by atoms with Crippen LogP contribution in [0.2, 0.25) is 0 Å². The summed E-state index contributed by atoms with van der Waals surface area (Å²) in [5, 5.41) is 0. The summed E-state index contributed by atoms with van der Waals surface area (Å²) in [7, 11) is 0. The van der Waals surface area contributed by atoms with Gasteiger partial charge in [0, 0.05) is 18.5 Å². The number of carbonyl (C=O) groups is 2. The highest BCUT2D eigenvalue weighted by molar-refractivity contribution is 5.88. The fourth-order valence-electron chi connectivity index (χ4n) is 4.14. The van der Waals surface area contributed by atoms with Crippen LogP contribution in [0.5, 0.6) is 0 Å². The van der Waals surface area contributed by atoms with E-state index in [2.05, 4.69) is 12.1 Å². The van der Waals surface area contributed by atoms with E-state index in [9.17, 15) is 9.59 Å². The van der Waals surface area contributed by atoms with Crippen molar-refractivity contribution in [2.24, 2.45) is 5.92 Å². The van der Waals surface area contributed by atoms with Crippen LogP contribution in [-0.2, 0) is 22.7 Å². The Labute approximate surface area is 189 Å². The summed E-state index contributed by atoms with van der Waals surface area (Å²) in [5.74, 6) is 0.927. The number of benzene rings is 2. The van der Waals surface area contributed by atoms with Gasteiger partial charge in [0.05, 0.1) is 12.8 Å². The molecule has 0 N–H and O–H groups in total. The molecule has 1 aliphatic rings. The molecule has 5 heteroatoms. The van der Waals surface area contributed by atoms with Gasteiger partial charge in [-0.2, -0.15) is 0 Å². The molecular formula is C27H30N2O3. The number of rotatable bonds is 9. The summed E-state index contributed by atoms with van der Waals surface area (Å²) < 4.78 is 5.49. The van der Waals surface area contributed by atoms with Crippen LogP contribution in [0.15, 0.2) is 83.5 Å². The minimum Gasteiger partial charge on any atom is -0.467 e. The molecule has 1 aromatic heterocycles. The Kier molecular flexibility index (Phi) is 6.74. The van der Waals surface area contributed by atoms with Gasteiger partial charge >= 0.3 is 0 Å². The highest BCUT2D eigenvalue weighted by atomic mass is 16.3. The van der Waals surface area contributed by atoms with Crippen molar-refractivity contribution in [3.8, 4) is 0 Å². The van der Waals surface area contributed by atoms with Crippen molar-refractivity contribution in [2.75, 3.05) is 6.54 Å². The zero-order valence-corrected chi connectivity index (χ0v) is 18.7. The number of hydrogen-bond acceptors (Lipinski definition) is 3. The maximum absolute atomic E-state index is 13.4. The normalized spacial score (nSPS) is 17.2. The van der Waals surface area contributed by atoms with Crippen molar-refractivity contribution < 1.29 is 14.0 Å².